The maximum Gasteiger partial charge on any atom is 0.232 e. The molecule has 1 amide bonds. The molecule has 0 unspecified atom stereocenters. The zero-order chi connectivity index (χ0) is 11.1. The first kappa shape index (κ1) is 13.8. The van der Waals surface area contributed by atoms with Crippen molar-refractivity contribution in [1.82, 2.24) is 9.80 Å². The van der Waals surface area contributed by atoms with Gasteiger partial charge in [-0.05, 0) is 19.3 Å². The van der Waals surface area contributed by atoms with Crippen LogP contribution in [0.25, 0.3) is 0 Å². The number of nitrogens with zero attached hydrogens (tertiary/aromatic N) is 2. The van der Waals surface area contributed by atoms with Crippen molar-refractivity contribution in [2.75, 3.05) is 40.0 Å². The van der Waals surface area contributed by atoms with Crippen molar-refractivity contribution in [1.29, 1.82) is 0 Å². The minimum absolute atomic E-state index is 0.227. The summed E-state index contributed by atoms with van der Waals surface area (Å²) in [6, 6.07) is 0. The molecule has 0 aliphatic carbocycles. The van der Waals surface area contributed by atoms with E-state index in [-0.39, 0.29) is 5.91 Å². The van der Waals surface area contributed by atoms with E-state index in [1.165, 1.54) is 0 Å². The SMILES string of the molecule is CC(C)SCC(=O)N(C)CCN(C)C. The molecular weight excluding hydrogens is 196 g/mol. The van der Waals surface area contributed by atoms with Crippen LogP contribution in [0.1, 0.15) is 13.8 Å². The summed E-state index contributed by atoms with van der Waals surface area (Å²) >= 11 is 1.70. The van der Waals surface area contributed by atoms with Gasteiger partial charge in [-0.15, -0.1) is 11.8 Å². The van der Waals surface area contributed by atoms with Gasteiger partial charge in [-0.25, -0.2) is 0 Å². The molecule has 0 N–H and O–H groups in total. The largest absolute Gasteiger partial charge is 0.344 e. The summed E-state index contributed by atoms with van der Waals surface area (Å²) in [5, 5.41) is 0.529. The van der Waals surface area contributed by atoms with E-state index in [4.69, 9.17) is 0 Å². The highest BCUT2D eigenvalue weighted by atomic mass is 32.2. The highest BCUT2D eigenvalue weighted by Crippen LogP contribution is 2.09. The van der Waals surface area contributed by atoms with Crippen molar-refractivity contribution in [2.24, 2.45) is 0 Å². The number of thioether (sulfide) groups is 1. The molecule has 0 atom stereocenters. The second-order valence-electron chi connectivity index (χ2n) is 3.98. The molecule has 0 spiro atoms. The van der Waals surface area contributed by atoms with Crippen molar-refractivity contribution in [2.45, 2.75) is 19.1 Å². The van der Waals surface area contributed by atoms with Crippen LogP contribution >= 0.6 is 11.8 Å². The lowest BCUT2D eigenvalue weighted by Gasteiger charge is -2.19. The number of amides is 1. The third-order valence-electron chi connectivity index (χ3n) is 1.85. The van der Waals surface area contributed by atoms with Gasteiger partial charge in [0.2, 0.25) is 5.91 Å². The van der Waals surface area contributed by atoms with E-state index in [2.05, 4.69) is 18.7 Å². The Labute approximate surface area is 91.8 Å². The quantitative estimate of drug-likeness (QED) is 0.668. The predicted octanol–water partition coefficient (Wildman–Crippen LogP) is 1.15. The van der Waals surface area contributed by atoms with Gasteiger partial charge in [-0.3, -0.25) is 4.79 Å². The van der Waals surface area contributed by atoms with Crippen LogP contribution in [0, 0.1) is 0 Å². The minimum Gasteiger partial charge on any atom is -0.344 e. The molecule has 0 aliphatic rings. The Morgan fingerprint density at radius 3 is 2.21 bits per heavy atom. The van der Waals surface area contributed by atoms with Crippen LogP contribution in [0.3, 0.4) is 0 Å². The highest BCUT2D eigenvalue weighted by molar-refractivity contribution is 8.00. The molecule has 0 aromatic heterocycles. The number of rotatable bonds is 6. The van der Waals surface area contributed by atoms with Crippen LogP contribution in [0.4, 0.5) is 0 Å². The van der Waals surface area contributed by atoms with Gasteiger partial charge in [0.1, 0.15) is 0 Å². The Morgan fingerprint density at radius 1 is 1.21 bits per heavy atom. The number of hydrogen-bond donors (Lipinski definition) is 0. The Hall–Kier alpha value is -0.220. The maximum atomic E-state index is 11.5. The van der Waals surface area contributed by atoms with Gasteiger partial charge < -0.3 is 9.80 Å². The van der Waals surface area contributed by atoms with Crippen molar-refractivity contribution >= 4 is 17.7 Å². The fourth-order valence-electron chi connectivity index (χ4n) is 0.823. The molecule has 14 heavy (non-hydrogen) atoms. The van der Waals surface area contributed by atoms with E-state index in [9.17, 15) is 4.79 Å². The average Bonchev–Trinajstić information content (AvgIpc) is 2.09. The van der Waals surface area contributed by atoms with Gasteiger partial charge >= 0.3 is 0 Å². The molecule has 0 heterocycles. The third-order valence-corrected chi connectivity index (χ3v) is 2.93. The van der Waals surface area contributed by atoms with Crippen LogP contribution in [-0.2, 0) is 4.79 Å². The van der Waals surface area contributed by atoms with Crippen LogP contribution in [0.15, 0.2) is 0 Å². The van der Waals surface area contributed by atoms with Gasteiger partial charge in [0.05, 0.1) is 5.75 Å². The Bertz CT molecular complexity index is 172. The minimum atomic E-state index is 0.227. The molecule has 0 aromatic carbocycles. The lowest BCUT2D eigenvalue weighted by molar-refractivity contribution is -0.127. The molecule has 0 radical (unpaired) electrons. The first-order valence-corrected chi connectivity index (χ1v) is 5.98. The van der Waals surface area contributed by atoms with Crippen molar-refractivity contribution < 1.29 is 4.79 Å². The van der Waals surface area contributed by atoms with Crippen LogP contribution in [0.5, 0.6) is 0 Å². The summed E-state index contributed by atoms with van der Waals surface area (Å²) in [4.78, 5) is 15.4. The number of carbonyl (C=O) groups excluding carboxylic acids is 1. The van der Waals surface area contributed by atoms with Crippen LogP contribution < -0.4 is 0 Å². The van der Waals surface area contributed by atoms with Gasteiger partial charge in [-0.2, -0.15) is 0 Å². The highest BCUT2D eigenvalue weighted by Gasteiger charge is 2.09. The zero-order valence-electron chi connectivity index (χ0n) is 9.91. The van der Waals surface area contributed by atoms with Gasteiger partial charge in [0, 0.05) is 20.1 Å². The molecule has 4 heteroatoms. The smallest absolute Gasteiger partial charge is 0.232 e. The van der Waals surface area contributed by atoms with Crippen molar-refractivity contribution in [3.63, 3.8) is 0 Å². The fraction of sp³-hybridized carbons (Fsp3) is 0.900. The van der Waals surface area contributed by atoms with E-state index in [0.29, 0.717) is 11.0 Å². The topological polar surface area (TPSA) is 23.6 Å². The van der Waals surface area contributed by atoms with Gasteiger partial charge in [0.15, 0.2) is 0 Å². The second kappa shape index (κ2) is 7.12. The number of likely N-dealkylation sites (N-methyl/N-ethyl adjacent to an activating group) is 2. The molecule has 0 saturated heterocycles. The molecule has 0 aliphatic heterocycles. The fourth-order valence-corrected chi connectivity index (χ4v) is 1.52. The summed E-state index contributed by atoms with van der Waals surface area (Å²) in [5.74, 6) is 0.826. The standard InChI is InChI=1S/C10H22N2OS/c1-9(2)14-8-10(13)12(5)7-6-11(3)4/h9H,6-8H2,1-5H3. The summed E-state index contributed by atoms with van der Waals surface area (Å²) in [5.41, 5.74) is 0. The van der Waals surface area contributed by atoms with Crippen molar-refractivity contribution in [3.8, 4) is 0 Å². The van der Waals surface area contributed by atoms with E-state index in [0.717, 1.165) is 13.1 Å². The summed E-state index contributed by atoms with van der Waals surface area (Å²) in [6.07, 6.45) is 0. The molecule has 84 valence electrons. The van der Waals surface area contributed by atoms with Crippen molar-refractivity contribution in [3.05, 3.63) is 0 Å². The molecule has 0 rings (SSSR count). The zero-order valence-corrected chi connectivity index (χ0v) is 10.7. The first-order chi connectivity index (χ1) is 6.43. The Morgan fingerprint density at radius 2 is 1.79 bits per heavy atom. The summed E-state index contributed by atoms with van der Waals surface area (Å²) in [6.45, 7) is 5.95. The van der Waals surface area contributed by atoms with Gasteiger partial charge in [0.25, 0.3) is 0 Å². The number of carbonyl (C=O) groups is 1. The third kappa shape index (κ3) is 7.21. The van der Waals surface area contributed by atoms with E-state index in [1.54, 1.807) is 16.7 Å². The average molecular weight is 218 g/mol. The lowest BCUT2D eigenvalue weighted by Crippen LogP contribution is -2.34. The molecular formula is C10H22N2OS. The van der Waals surface area contributed by atoms with Crippen LogP contribution in [-0.4, -0.2) is 60.9 Å². The molecule has 0 aromatic rings. The van der Waals surface area contributed by atoms with E-state index < -0.39 is 0 Å². The normalized spacial score (nSPS) is 11.1. The summed E-state index contributed by atoms with van der Waals surface area (Å²) in [7, 11) is 5.90. The number of hydrogen-bond acceptors (Lipinski definition) is 3. The van der Waals surface area contributed by atoms with Gasteiger partial charge in [-0.1, -0.05) is 13.8 Å². The van der Waals surface area contributed by atoms with E-state index >= 15 is 0 Å². The molecule has 0 saturated carbocycles. The van der Waals surface area contributed by atoms with E-state index in [1.807, 2.05) is 21.1 Å². The van der Waals surface area contributed by atoms with Crippen LogP contribution in [0.2, 0.25) is 0 Å². The Balaban J connectivity index is 3.65. The molecule has 3 nitrogen and oxygen atoms in total. The Kier molecular flexibility index (Phi) is 7.01. The molecule has 0 fully saturated rings. The molecule has 0 bridgehead atoms. The predicted molar refractivity (Wildman–Crippen MR) is 63.8 cm³/mol. The monoisotopic (exact) mass is 218 g/mol. The summed E-state index contributed by atoms with van der Waals surface area (Å²) < 4.78 is 0. The maximum absolute atomic E-state index is 11.5. The first-order valence-electron chi connectivity index (χ1n) is 4.93. The lowest BCUT2D eigenvalue weighted by atomic mass is 10.5. The second-order valence-corrected chi connectivity index (χ2v) is 5.54.